The highest BCUT2D eigenvalue weighted by molar-refractivity contribution is 5.04. The summed E-state index contributed by atoms with van der Waals surface area (Å²) in [7, 11) is 0. The fourth-order valence-electron chi connectivity index (χ4n) is 6.91. The molecule has 5 atom stereocenters. The van der Waals surface area contributed by atoms with Gasteiger partial charge in [0.05, 0.1) is 12.2 Å². The molecule has 1 saturated heterocycles. The summed E-state index contributed by atoms with van der Waals surface area (Å²) in [4.78, 5) is 0. The van der Waals surface area contributed by atoms with E-state index in [1.807, 2.05) is 0 Å². The average Bonchev–Trinajstić information content (AvgIpc) is 3.61. The van der Waals surface area contributed by atoms with Crippen molar-refractivity contribution in [3.8, 4) is 0 Å². The lowest BCUT2D eigenvalue weighted by atomic mass is 9.95. The number of unbranched alkanes of at least 4 members (excludes halogenated alkanes) is 12. The van der Waals surface area contributed by atoms with E-state index in [0.717, 1.165) is 37.5 Å². The van der Waals surface area contributed by atoms with E-state index in [4.69, 9.17) is 9.47 Å². The Morgan fingerprint density at radius 2 is 1.08 bits per heavy atom. The Hall–Kier alpha value is -0.860. The second kappa shape index (κ2) is 18.4. The Kier molecular flexibility index (Phi) is 15.3. The number of ether oxygens (including phenoxy) is 2. The van der Waals surface area contributed by atoms with Gasteiger partial charge in [0.1, 0.15) is 0 Å². The molecule has 2 saturated carbocycles. The Balaban J connectivity index is 1.29. The van der Waals surface area contributed by atoms with Crippen LogP contribution in [-0.4, -0.2) is 18.0 Å². The first-order valence-corrected chi connectivity index (χ1v) is 16.6. The minimum absolute atomic E-state index is 0.276. The van der Waals surface area contributed by atoms with E-state index in [1.165, 1.54) is 116 Å². The van der Waals surface area contributed by atoms with Crippen LogP contribution in [0.5, 0.6) is 0 Å². The van der Waals surface area contributed by atoms with Crippen LogP contribution in [0.2, 0.25) is 0 Å². The van der Waals surface area contributed by atoms with E-state index in [1.54, 1.807) is 0 Å². The summed E-state index contributed by atoms with van der Waals surface area (Å²) >= 11 is 0. The minimum Gasteiger partial charge on any atom is -0.344 e. The zero-order chi connectivity index (χ0) is 26.0. The van der Waals surface area contributed by atoms with Crippen LogP contribution in [0.3, 0.4) is 0 Å². The molecule has 0 N–H and O–H groups in total. The summed E-state index contributed by atoms with van der Waals surface area (Å²) in [5.74, 6) is 1.28. The molecule has 3 rings (SSSR count). The van der Waals surface area contributed by atoms with E-state index in [0.29, 0.717) is 12.2 Å². The molecule has 2 aliphatic carbocycles. The number of hydrogen-bond donors (Lipinski definition) is 0. The highest BCUT2D eigenvalue weighted by atomic mass is 16.8. The van der Waals surface area contributed by atoms with Gasteiger partial charge in [-0.2, -0.15) is 0 Å². The molecule has 3 fully saturated rings. The van der Waals surface area contributed by atoms with Gasteiger partial charge >= 0.3 is 0 Å². The SMILES string of the molecule is CC/C=C\C/C=C\CCCCCCCCC1(CCC/C=C\CCCCCCC)O[C@@H]2[C@H]3CC[C@H](C3)[C@@H]2O1. The van der Waals surface area contributed by atoms with Gasteiger partial charge in [-0.15, -0.1) is 0 Å². The van der Waals surface area contributed by atoms with Crippen LogP contribution in [0, 0.1) is 11.8 Å². The van der Waals surface area contributed by atoms with Gasteiger partial charge in [-0.3, -0.25) is 0 Å². The smallest absolute Gasteiger partial charge is 0.169 e. The second-order valence-corrected chi connectivity index (χ2v) is 12.2. The summed E-state index contributed by atoms with van der Waals surface area (Å²) in [5, 5.41) is 0. The number of fused-ring (bicyclic) bond motifs is 5. The normalized spacial score (nSPS) is 29.0. The molecule has 1 heterocycles. The Bertz CT molecular complexity index is 644. The molecule has 0 spiro atoms. The van der Waals surface area contributed by atoms with Crippen molar-refractivity contribution in [1.82, 2.24) is 0 Å². The molecule has 2 heteroatoms. The van der Waals surface area contributed by atoms with Gasteiger partial charge in [-0.25, -0.2) is 0 Å². The van der Waals surface area contributed by atoms with E-state index in [9.17, 15) is 0 Å². The maximum absolute atomic E-state index is 6.84. The van der Waals surface area contributed by atoms with E-state index in [-0.39, 0.29) is 5.79 Å². The van der Waals surface area contributed by atoms with Crippen LogP contribution in [-0.2, 0) is 9.47 Å². The predicted molar refractivity (Wildman–Crippen MR) is 160 cm³/mol. The second-order valence-electron chi connectivity index (χ2n) is 12.2. The molecular formula is C35H60O2. The molecule has 0 aromatic rings. The van der Waals surface area contributed by atoms with Crippen LogP contribution < -0.4 is 0 Å². The van der Waals surface area contributed by atoms with Crippen molar-refractivity contribution < 1.29 is 9.47 Å². The summed E-state index contributed by atoms with van der Waals surface area (Å²) < 4.78 is 13.7. The van der Waals surface area contributed by atoms with Crippen molar-refractivity contribution in [2.75, 3.05) is 0 Å². The number of allylic oxidation sites excluding steroid dienone is 6. The van der Waals surface area contributed by atoms with Gasteiger partial charge in [-0.1, -0.05) is 102 Å². The van der Waals surface area contributed by atoms with Crippen molar-refractivity contribution in [3.05, 3.63) is 36.5 Å². The lowest BCUT2D eigenvalue weighted by Crippen LogP contribution is -2.32. The van der Waals surface area contributed by atoms with Crippen molar-refractivity contribution >= 4 is 0 Å². The van der Waals surface area contributed by atoms with Crippen LogP contribution in [0.1, 0.15) is 155 Å². The molecule has 0 radical (unpaired) electrons. The molecule has 2 nitrogen and oxygen atoms in total. The van der Waals surface area contributed by atoms with Crippen molar-refractivity contribution in [3.63, 3.8) is 0 Å². The molecule has 212 valence electrons. The fraction of sp³-hybridized carbons (Fsp3) is 0.829. The molecule has 37 heavy (non-hydrogen) atoms. The molecule has 3 aliphatic rings. The monoisotopic (exact) mass is 512 g/mol. The van der Waals surface area contributed by atoms with Gasteiger partial charge in [0.25, 0.3) is 0 Å². The lowest BCUT2D eigenvalue weighted by Gasteiger charge is -2.30. The fourth-order valence-corrected chi connectivity index (χ4v) is 6.91. The van der Waals surface area contributed by atoms with Crippen molar-refractivity contribution in [2.24, 2.45) is 11.8 Å². The Labute approximate surface area is 230 Å². The molecular weight excluding hydrogens is 452 g/mol. The first kappa shape index (κ1) is 30.7. The standard InChI is InChI=1S/C35H60O2/c1-3-5-7-9-11-13-15-16-17-19-21-23-25-29-35(28-24-22-20-18-14-12-10-8-6-4-2)36-33-31-26-27-32(30-31)34(33)37-35/h5,7,11,13,18,20,31-34H,3-4,6,8-10,12,14-17,19,21-30H2,1-2H3/b7-5-,13-11-,20-18-/t31-,32+,33+,34-,35?. The van der Waals surface area contributed by atoms with E-state index >= 15 is 0 Å². The maximum Gasteiger partial charge on any atom is 0.169 e. The third kappa shape index (κ3) is 11.0. The van der Waals surface area contributed by atoms with Crippen LogP contribution in [0.15, 0.2) is 36.5 Å². The van der Waals surface area contributed by atoms with Crippen LogP contribution in [0.25, 0.3) is 0 Å². The molecule has 0 aromatic heterocycles. The van der Waals surface area contributed by atoms with Crippen LogP contribution >= 0.6 is 0 Å². The molecule has 0 amide bonds. The highest BCUT2D eigenvalue weighted by Gasteiger charge is 2.58. The number of hydrogen-bond acceptors (Lipinski definition) is 2. The summed E-state index contributed by atoms with van der Waals surface area (Å²) in [6.07, 6.45) is 43.1. The maximum atomic E-state index is 6.84. The molecule has 0 aromatic carbocycles. The van der Waals surface area contributed by atoms with Gasteiger partial charge < -0.3 is 9.47 Å². The third-order valence-electron chi connectivity index (χ3n) is 9.06. The Morgan fingerprint density at radius 3 is 1.73 bits per heavy atom. The van der Waals surface area contributed by atoms with Gasteiger partial charge in [0.2, 0.25) is 0 Å². The summed E-state index contributed by atoms with van der Waals surface area (Å²) in [6.45, 7) is 4.48. The zero-order valence-electron chi connectivity index (χ0n) is 24.6. The predicted octanol–water partition coefficient (Wildman–Crippen LogP) is 11.0. The number of rotatable bonds is 22. The minimum atomic E-state index is -0.276. The van der Waals surface area contributed by atoms with Gasteiger partial charge in [0.15, 0.2) is 5.79 Å². The topological polar surface area (TPSA) is 18.5 Å². The first-order chi connectivity index (χ1) is 18.3. The van der Waals surface area contributed by atoms with E-state index in [2.05, 4.69) is 50.3 Å². The lowest BCUT2D eigenvalue weighted by molar-refractivity contribution is -0.195. The highest BCUT2D eigenvalue weighted by Crippen LogP contribution is 2.54. The third-order valence-corrected chi connectivity index (χ3v) is 9.06. The van der Waals surface area contributed by atoms with Crippen molar-refractivity contribution in [1.29, 1.82) is 0 Å². The molecule has 1 aliphatic heterocycles. The summed E-state index contributed by atoms with van der Waals surface area (Å²) in [5.41, 5.74) is 0. The average molecular weight is 513 g/mol. The Morgan fingerprint density at radius 1 is 0.568 bits per heavy atom. The van der Waals surface area contributed by atoms with E-state index < -0.39 is 0 Å². The van der Waals surface area contributed by atoms with Crippen LogP contribution in [0.4, 0.5) is 0 Å². The quantitative estimate of drug-likeness (QED) is 0.106. The zero-order valence-corrected chi connectivity index (χ0v) is 24.6. The summed E-state index contributed by atoms with van der Waals surface area (Å²) in [6, 6.07) is 0. The van der Waals surface area contributed by atoms with Gasteiger partial charge in [0, 0.05) is 12.8 Å². The van der Waals surface area contributed by atoms with Crippen molar-refractivity contribution in [2.45, 2.75) is 173 Å². The largest absolute Gasteiger partial charge is 0.344 e. The molecule has 2 bridgehead atoms. The molecule has 1 unspecified atom stereocenters. The van der Waals surface area contributed by atoms with Gasteiger partial charge in [-0.05, 0) is 88.9 Å². The first-order valence-electron chi connectivity index (χ1n) is 16.6.